The molecule has 88 valence electrons. The molecule has 3 nitrogen and oxygen atoms in total. The fourth-order valence-corrected chi connectivity index (χ4v) is 2.33. The highest BCUT2D eigenvalue weighted by molar-refractivity contribution is 7.71. The zero-order valence-electron chi connectivity index (χ0n) is 9.66. The molecule has 0 saturated carbocycles. The lowest BCUT2D eigenvalue weighted by atomic mass is 10.0. The maximum absolute atomic E-state index is 5.37. The van der Waals surface area contributed by atoms with Crippen LogP contribution in [0.15, 0.2) is 6.07 Å². The summed E-state index contributed by atoms with van der Waals surface area (Å²) in [5.41, 5.74) is 1.21. The van der Waals surface area contributed by atoms with Gasteiger partial charge in [-0.3, -0.25) is 0 Å². The maximum atomic E-state index is 5.37. The fourth-order valence-electron chi connectivity index (χ4n) is 2.08. The third kappa shape index (κ3) is 3.12. The molecule has 0 aromatic carbocycles. The molecule has 0 aliphatic carbocycles. The molecule has 16 heavy (non-hydrogen) atoms. The fraction of sp³-hybridized carbons (Fsp3) is 0.667. The predicted molar refractivity (Wildman–Crippen MR) is 66.0 cm³/mol. The van der Waals surface area contributed by atoms with Crippen molar-refractivity contribution in [2.75, 3.05) is 13.2 Å². The van der Waals surface area contributed by atoms with Crippen LogP contribution in [0.5, 0.6) is 0 Å². The van der Waals surface area contributed by atoms with Gasteiger partial charge >= 0.3 is 0 Å². The zero-order chi connectivity index (χ0) is 11.4. The number of aromatic amines is 1. The van der Waals surface area contributed by atoms with Gasteiger partial charge in [-0.2, -0.15) is 0 Å². The van der Waals surface area contributed by atoms with Gasteiger partial charge in [0.05, 0.1) is 0 Å². The Morgan fingerprint density at radius 2 is 2.50 bits per heavy atom. The Balaban J connectivity index is 2.10. The summed E-state index contributed by atoms with van der Waals surface area (Å²) >= 11 is 5.18. The Bertz CT molecular complexity index is 396. The summed E-state index contributed by atoms with van der Waals surface area (Å²) in [6.07, 6.45) is 4.27. The van der Waals surface area contributed by atoms with Crippen LogP contribution in [0.3, 0.4) is 0 Å². The van der Waals surface area contributed by atoms with E-state index in [4.69, 9.17) is 17.0 Å². The van der Waals surface area contributed by atoms with Crippen LogP contribution in [0, 0.1) is 10.6 Å². The van der Waals surface area contributed by atoms with Gasteiger partial charge in [0.15, 0.2) is 0 Å². The van der Waals surface area contributed by atoms with Gasteiger partial charge in [-0.1, -0.05) is 25.6 Å². The second-order valence-electron chi connectivity index (χ2n) is 4.38. The molecule has 1 aromatic rings. The van der Waals surface area contributed by atoms with E-state index in [-0.39, 0.29) is 0 Å². The third-order valence-electron chi connectivity index (χ3n) is 2.87. The monoisotopic (exact) mass is 238 g/mol. The van der Waals surface area contributed by atoms with E-state index in [1.54, 1.807) is 0 Å². The Labute approximate surface area is 101 Å². The first-order valence-electron chi connectivity index (χ1n) is 5.94. The van der Waals surface area contributed by atoms with Crippen molar-refractivity contribution in [1.82, 2.24) is 9.97 Å². The molecule has 0 amide bonds. The second-order valence-corrected chi connectivity index (χ2v) is 4.79. The van der Waals surface area contributed by atoms with E-state index in [0.717, 1.165) is 44.7 Å². The standard InChI is InChI=1S/C12H18N2OS/c1-2-3-10-7-12(16)14-11(13-10)6-9-4-5-15-8-9/h7,9H,2-6,8H2,1H3,(H,13,14,16). The van der Waals surface area contributed by atoms with Gasteiger partial charge in [0.25, 0.3) is 0 Å². The summed E-state index contributed by atoms with van der Waals surface area (Å²) in [4.78, 5) is 7.76. The first-order valence-corrected chi connectivity index (χ1v) is 6.35. The van der Waals surface area contributed by atoms with Crippen molar-refractivity contribution < 1.29 is 4.74 Å². The smallest absolute Gasteiger partial charge is 0.129 e. The molecule has 1 N–H and O–H groups in total. The topological polar surface area (TPSA) is 37.9 Å². The van der Waals surface area contributed by atoms with Crippen molar-refractivity contribution >= 4 is 12.2 Å². The van der Waals surface area contributed by atoms with E-state index < -0.39 is 0 Å². The number of hydrogen-bond acceptors (Lipinski definition) is 3. The molecule has 0 bridgehead atoms. The molecule has 2 heterocycles. The Hall–Kier alpha value is -0.740. The number of aromatic nitrogens is 2. The van der Waals surface area contributed by atoms with E-state index in [0.29, 0.717) is 10.6 Å². The third-order valence-corrected chi connectivity index (χ3v) is 3.08. The molecule has 1 fully saturated rings. The largest absolute Gasteiger partial charge is 0.381 e. The zero-order valence-corrected chi connectivity index (χ0v) is 10.5. The first-order chi connectivity index (χ1) is 7.78. The number of H-pyrrole nitrogens is 1. The van der Waals surface area contributed by atoms with Crippen molar-refractivity contribution in [3.8, 4) is 0 Å². The number of nitrogens with one attached hydrogen (secondary N) is 1. The summed E-state index contributed by atoms with van der Waals surface area (Å²) < 4.78 is 6.07. The minimum absolute atomic E-state index is 0.607. The summed E-state index contributed by atoms with van der Waals surface area (Å²) in [6.45, 7) is 3.92. The lowest BCUT2D eigenvalue weighted by Crippen LogP contribution is -2.08. The van der Waals surface area contributed by atoms with Gasteiger partial charge < -0.3 is 9.72 Å². The van der Waals surface area contributed by atoms with Crippen molar-refractivity contribution in [3.05, 3.63) is 22.2 Å². The van der Waals surface area contributed by atoms with Crippen molar-refractivity contribution in [2.45, 2.75) is 32.6 Å². The number of nitrogens with zero attached hydrogens (tertiary/aromatic N) is 1. The van der Waals surface area contributed by atoms with E-state index in [1.807, 2.05) is 6.07 Å². The van der Waals surface area contributed by atoms with Gasteiger partial charge in [0, 0.05) is 25.3 Å². The van der Waals surface area contributed by atoms with Gasteiger partial charge in [-0.15, -0.1) is 0 Å². The molecule has 0 radical (unpaired) electrons. The normalized spacial score (nSPS) is 20.2. The Kier molecular flexibility index (Phi) is 4.07. The molecule has 1 aromatic heterocycles. The predicted octanol–water partition coefficient (Wildman–Crippen LogP) is 2.67. The average Bonchev–Trinajstić information content (AvgIpc) is 2.70. The van der Waals surface area contributed by atoms with Crippen molar-refractivity contribution in [2.24, 2.45) is 5.92 Å². The molecule has 2 rings (SSSR count). The number of ether oxygens (including phenoxy) is 1. The Morgan fingerprint density at radius 1 is 1.62 bits per heavy atom. The summed E-state index contributed by atoms with van der Waals surface area (Å²) in [5.74, 6) is 1.63. The molecule has 1 aliphatic heterocycles. The minimum Gasteiger partial charge on any atom is -0.381 e. The van der Waals surface area contributed by atoms with Crippen LogP contribution in [-0.4, -0.2) is 23.2 Å². The first kappa shape index (κ1) is 11.7. The molecular weight excluding hydrogens is 220 g/mol. The molecule has 4 heteroatoms. The molecule has 1 unspecified atom stereocenters. The van der Waals surface area contributed by atoms with Crippen LogP contribution < -0.4 is 0 Å². The van der Waals surface area contributed by atoms with Crippen LogP contribution in [0.2, 0.25) is 0 Å². The lowest BCUT2D eigenvalue weighted by molar-refractivity contribution is 0.185. The molecule has 1 saturated heterocycles. The van der Waals surface area contributed by atoms with Gasteiger partial charge in [0.1, 0.15) is 10.5 Å². The van der Waals surface area contributed by atoms with E-state index in [9.17, 15) is 0 Å². The van der Waals surface area contributed by atoms with Crippen molar-refractivity contribution in [1.29, 1.82) is 0 Å². The summed E-state index contributed by atoms with van der Waals surface area (Å²) in [5, 5.41) is 0. The van der Waals surface area contributed by atoms with Crippen LogP contribution in [0.4, 0.5) is 0 Å². The van der Waals surface area contributed by atoms with Crippen LogP contribution in [-0.2, 0) is 17.6 Å². The highest BCUT2D eigenvalue weighted by atomic mass is 32.1. The van der Waals surface area contributed by atoms with Crippen LogP contribution >= 0.6 is 12.2 Å². The molecule has 1 aliphatic rings. The number of aryl methyl sites for hydroxylation is 1. The van der Waals surface area contributed by atoms with E-state index in [2.05, 4.69) is 16.9 Å². The quantitative estimate of drug-likeness (QED) is 0.820. The van der Waals surface area contributed by atoms with Gasteiger partial charge in [-0.05, 0) is 24.8 Å². The van der Waals surface area contributed by atoms with Crippen LogP contribution in [0.1, 0.15) is 31.3 Å². The highest BCUT2D eigenvalue weighted by Crippen LogP contribution is 2.16. The second kappa shape index (κ2) is 5.55. The van der Waals surface area contributed by atoms with Crippen LogP contribution in [0.25, 0.3) is 0 Å². The van der Waals surface area contributed by atoms with Crippen molar-refractivity contribution in [3.63, 3.8) is 0 Å². The van der Waals surface area contributed by atoms with Gasteiger partial charge in [-0.25, -0.2) is 4.98 Å². The van der Waals surface area contributed by atoms with E-state index >= 15 is 0 Å². The molecule has 1 atom stereocenters. The lowest BCUT2D eigenvalue weighted by Gasteiger charge is -2.08. The minimum atomic E-state index is 0.607. The number of hydrogen-bond donors (Lipinski definition) is 1. The van der Waals surface area contributed by atoms with Gasteiger partial charge in [0.2, 0.25) is 0 Å². The number of rotatable bonds is 4. The van der Waals surface area contributed by atoms with E-state index in [1.165, 1.54) is 5.69 Å². The highest BCUT2D eigenvalue weighted by Gasteiger charge is 2.17. The molecular formula is C12H18N2OS. The summed E-state index contributed by atoms with van der Waals surface area (Å²) in [6, 6.07) is 1.97. The molecule has 0 spiro atoms. The average molecular weight is 238 g/mol. The maximum Gasteiger partial charge on any atom is 0.129 e. The SMILES string of the molecule is CCCc1cc(=S)nc(CC2CCOC2)[nH]1. The summed E-state index contributed by atoms with van der Waals surface area (Å²) in [7, 11) is 0. The Morgan fingerprint density at radius 3 is 3.19 bits per heavy atom.